The summed E-state index contributed by atoms with van der Waals surface area (Å²) in [5.74, 6) is -0.439. The molecule has 2 aromatic rings. The van der Waals surface area contributed by atoms with Crippen LogP contribution in [0.15, 0.2) is 42.5 Å². The second kappa shape index (κ2) is 9.78. The molecule has 0 aliphatic rings. The molecule has 2 rings (SSSR count). The molecule has 0 bridgehead atoms. The minimum absolute atomic E-state index is 0.272. The van der Waals surface area contributed by atoms with Gasteiger partial charge in [0.15, 0.2) is 0 Å². The molecule has 0 unspecified atom stereocenters. The van der Waals surface area contributed by atoms with Crippen molar-refractivity contribution in [2.75, 3.05) is 24.4 Å². The van der Waals surface area contributed by atoms with Gasteiger partial charge in [-0.15, -0.1) is 0 Å². The first-order valence-electron chi connectivity index (χ1n) is 9.39. The number of benzene rings is 2. The summed E-state index contributed by atoms with van der Waals surface area (Å²) in [6.45, 7) is 7.28. The second-order valence-corrected chi connectivity index (χ2v) is 7.29. The zero-order valence-corrected chi connectivity index (χ0v) is 17.7. The van der Waals surface area contributed by atoms with Crippen LogP contribution in [0.3, 0.4) is 0 Å². The number of rotatable bonds is 6. The summed E-state index contributed by atoms with van der Waals surface area (Å²) in [7, 11) is 1.47. The summed E-state index contributed by atoms with van der Waals surface area (Å²) in [5, 5.41) is 5.36. The molecule has 0 spiro atoms. The first kappa shape index (κ1) is 22.7. The van der Waals surface area contributed by atoms with Crippen LogP contribution < -0.4 is 15.4 Å². The van der Waals surface area contributed by atoms with Crippen LogP contribution in [-0.4, -0.2) is 37.3 Å². The fraction of sp³-hybridized carbons (Fsp3) is 0.318. The third kappa shape index (κ3) is 6.51. The highest BCUT2D eigenvalue weighted by Gasteiger charge is 2.17. The molecule has 2 N–H and O–H groups in total. The molecule has 2 amide bonds. The largest absolute Gasteiger partial charge is 0.495 e. The predicted octanol–water partition coefficient (Wildman–Crippen LogP) is 4.47. The molecule has 0 aromatic heterocycles. The van der Waals surface area contributed by atoms with E-state index in [4.69, 9.17) is 14.2 Å². The van der Waals surface area contributed by atoms with Crippen LogP contribution in [-0.2, 0) is 9.47 Å². The molecule has 160 valence electrons. The van der Waals surface area contributed by atoms with Crippen LogP contribution in [0.5, 0.6) is 5.75 Å². The molecule has 0 aliphatic carbocycles. The molecule has 0 heterocycles. The molecule has 8 nitrogen and oxygen atoms in total. The Labute approximate surface area is 175 Å². The van der Waals surface area contributed by atoms with Gasteiger partial charge in [0.2, 0.25) is 0 Å². The Morgan fingerprint density at radius 1 is 0.933 bits per heavy atom. The molecular weight excluding hydrogens is 388 g/mol. The number of carbonyl (C=O) groups is 3. The van der Waals surface area contributed by atoms with Crippen molar-refractivity contribution in [2.45, 2.75) is 33.3 Å². The molecular formula is C22H26N2O6. The lowest BCUT2D eigenvalue weighted by atomic mass is 10.1. The van der Waals surface area contributed by atoms with E-state index in [-0.39, 0.29) is 6.61 Å². The van der Waals surface area contributed by atoms with Crippen molar-refractivity contribution in [3.63, 3.8) is 0 Å². The van der Waals surface area contributed by atoms with Gasteiger partial charge in [-0.1, -0.05) is 0 Å². The average molecular weight is 414 g/mol. The zero-order chi connectivity index (χ0) is 22.3. The normalized spacial score (nSPS) is 10.7. The molecule has 0 aliphatic heterocycles. The van der Waals surface area contributed by atoms with Gasteiger partial charge in [0, 0.05) is 11.3 Å². The van der Waals surface area contributed by atoms with Crippen LogP contribution in [0.2, 0.25) is 0 Å². The van der Waals surface area contributed by atoms with Crippen molar-refractivity contribution in [1.82, 2.24) is 0 Å². The Hall–Kier alpha value is -3.55. The van der Waals surface area contributed by atoms with E-state index in [0.29, 0.717) is 28.3 Å². The summed E-state index contributed by atoms with van der Waals surface area (Å²) in [5.41, 5.74) is 0.859. The Balaban J connectivity index is 2.15. The highest BCUT2D eigenvalue weighted by Crippen LogP contribution is 2.28. The fourth-order valence-electron chi connectivity index (χ4n) is 2.47. The summed E-state index contributed by atoms with van der Waals surface area (Å²) in [4.78, 5) is 36.3. The minimum Gasteiger partial charge on any atom is -0.495 e. The smallest absolute Gasteiger partial charge is 0.412 e. The Morgan fingerprint density at radius 2 is 1.57 bits per heavy atom. The van der Waals surface area contributed by atoms with E-state index in [1.807, 2.05) is 0 Å². The average Bonchev–Trinajstić information content (AvgIpc) is 2.67. The topological polar surface area (TPSA) is 103 Å². The van der Waals surface area contributed by atoms with Crippen LogP contribution in [0.25, 0.3) is 0 Å². The molecule has 8 heteroatoms. The monoisotopic (exact) mass is 414 g/mol. The number of hydrogen-bond acceptors (Lipinski definition) is 6. The van der Waals surface area contributed by atoms with E-state index >= 15 is 0 Å². The molecule has 0 radical (unpaired) electrons. The highest BCUT2D eigenvalue weighted by atomic mass is 16.6. The third-order valence-corrected chi connectivity index (χ3v) is 3.75. The molecule has 30 heavy (non-hydrogen) atoms. The van der Waals surface area contributed by atoms with Gasteiger partial charge < -0.3 is 19.5 Å². The quantitative estimate of drug-likeness (QED) is 0.676. The van der Waals surface area contributed by atoms with Crippen molar-refractivity contribution in [1.29, 1.82) is 0 Å². The zero-order valence-electron chi connectivity index (χ0n) is 17.7. The molecule has 0 saturated carbocycles. The molecule has 0 fully saturated rings. The van der Waals surface area contributed by atoms with Crippen LogP contribution in [0.4, 0.5) is 16.2 Å². The Morgan fingerprint density at radius 3 is 2.13 bits per heavy atom. The first-order chi connectivity index (χ1) is 14.1. The van der Waals surface area contributed by atoms with Crippen molar-refractivity contribution in [3.05, 3.63) is 53.6 Å². The number of ether oxygens (including phenoxy) is 3. The van der Waals surface area contributed by atoms with Gasteiger partial charge in [0.1, 0.15) is 11.4 Å². The number of esters is 1. The lowest BCUT2D eigenvalue weighted by Crippen LogP contribution is -2.27. The number of anilines is 2. The van der Waals surface area contributed by atoms with Crippen molar-refractivity contribution < 1.29 is 28.6 Å². The highest BCUT2D eigenvalue weighted by molar-refractivity contribution is 6.06. The maximum atomic E-state index is 12.6. The second-order valence-electron chi connectivity index (χ2n) is 7.29. The van der Waals surface area contributed by atoms with Crippen LogP contribution in [0, 0.1) is 0 Å². The van der Waals surface area contributed by atoms with Gasteiger partial charge in [-0.05, 0) is 70.2 Å². The fourth-order valence-corrected chi connectivity index (χ4v) is 2.47. The summed E-state index contributed by atoms with van der Waals surface area (Å²) >= 11 is 0. The van der Waals surface area contributed by atoms with E-state index < -0.39 is 23.6 Å². The SMILES string of the molecule is CCOC(=O)c1ccc(C(=O)Nc2cc(NC(=O)OC(C)(C)C)ccc2OC)cc1. The van der Waals surface area contributed by atoms with Gasteiger partial charge in [0.05, 0.1) is 25.0 Å². The van der Waals surface area contributed by atoms with Crippen LogP contribution in [0.1, 0.15) is 48.4 Å². The van der Waals surface area contributed by atoms with Crippen molar-refractivity contribution in [3.8, 4) is 5.75 Å². The Bertz CT molecular complexity index is 916. The molecule has 0 saturated heterocycles. The predicted molar refractivity (Wildman–Crippen MR) is 113 cm³/mol. The number of methoxy groups -OCH3 is 1. The van der Waals surface area contributed by atoms with Gasteiger partial charge in [-0.2, -0.15) is 0 Å². The maximum absolute atomic E-state index is 12.6. The number of hydrogen-bond donors (Lipinski definition) is 2. The summed E-state index contributed by atoms with van der Waals surface area (Å²) < 4.78 is 15.4. The van der Waals surface area contributed by atoms with Gasteiger partial charge in [-0.25, -0.2) is 9.59 Å². The van der Waals surface area contributed by atoms with Crippen LogP contribution >= 0.6 is 0 Å². The van der Waals surface area contributed by atoms with Gasteiger partial charge in [0.25, 0.3) is 5.91 Å². The van der Waals surface area contributed by atoms with Gasteiger partial charge >= 0.3 is 12.1 Å². The van der Waals surface area contributed by atoms with Crippen molar-refractivity contribution >= 4 is 29.3 Å². The minimum atomic E-state index is -0.636. The molecule has 2 aromatic carbocycles. The Kier molecular flexibility index (Phi) is 7.41. The third-order valence-electron chi connectivity index (χ3n) is 3.75. The number of carbonyl (C=O) groups excluding carboxylic acids is 3. The first-order valence-corrected chi connectivity index (χ1v) is 9.39. The summed E-state index contributed by atoms with van der Waals surface area (Å²) in [6.07, 6.45) is -0.612. The van der Waals surface area contributed by atoms with E-state index in [2.05, 4.69) is 10.6 Å². The van der Waals surface area contributed by atoms with E-state index in [0.717, 1.165) is 0 Å². The summed E-state index contributed by atoms with van der Waals surface area (Å²) in [6, 6.07) is 10.9. The standard InChI is InChI=1S/C22H26N2O6/c1-6-29-20(26)15-9-7-14(8-10-15)19(25)24-17-13-16(11-12-18(17)28-5)23-21(27)30-22(2,3)4/h7-13H,6H2,1-5H3,(H,23,27)(H,24,25). The van der Waals surface area contributed by atoms with E-state index in [1.54, 1.807) is 45.9 Å². The lowest BCUT2D eigenvalue weighted by molar-refractivity contribution is 0.0525. The van der Waals surface area contributed by atoms with Gasteiger partial charge in [-0.3, -0.25) is 10.1 Å². The lowest BCUT2D eigenvalue weighted by Gasteiger charge is -2.20. The van der Waals surface area contributed by atoms with Crippen molar-refractivity contribution in [2.24, 2.45) is 0 Å². The number of nitrogens with one attached hydrogen (secondary N) is 2. The maximum Gasteiger partial charge on any atom is 0.412 e. The number of amides is 2. The molecule has 0 atom stereocenters. The van der Waals surface area contributed by atoms with E-state index in [9.17, 15) is 14.4 Å². The van der Waals surface area contributed by atoms with E-state index in [1.165, 1.54) is 31.4 Å².